The fraction of sp³-hybridized carbons (Fsp3) is 0.906. The van der Waals surface area contributed by atoms with Crippen LogP contribution >= 0.6 is 0 Å². The summed E-state index contributed by atoms with van der Waals surface area (Å²) in [6, 6.07) is 0. The van der Waals surface area contributed by atoms with Crippen molar-refractivity contribution in [2.24, 2.45) is 28.1 Å². The topological polar surface area (TPSA) is 216 Å². The van der Waals surface area contributed by atoms with Crippen molar-refractivity contribution in [1.29, 1.82) is 0 Å². The lowest BCUT2D eigenvalue weighted by Gasteiger charge is -2.64. The normalized spacial score (nSPS) is 54.7. The smallest absolute Gasteiger partial charge is 0.309 e. The maximum Gasteiger partial charge on any atom is 0.309 e. The molecule has 2 aliphatic heterocycles. The summed E-state index contributed by atoms with van der Waals surface area (Å²) in [5.41, 5.74) is -1.10. The number of rotatable bonds is 7. The van der Waals surface area contributed by atoms with Gasteiger partial charge < -0.3 is 59.8 Å². The Bertz CT molecular complexity index is 1150. The van der Waals surface area contributed by atoms with Crippen molar-refractivity contribution in [3.05, 3.63) is 12.2 Å². The van der Waals surface area contributed by atoms with Crippen LogP contribution < -0.4 is 0 Å². The number of hydrogen-bond acceptors (Lipinski definition) is 12. The van der Waals surface area contributed by atoms with Gasteiger partial charge in [-0.2, -0.15) is 0 Å². The van der Waals surface area contributed by atoms with Crippen LogP contribution in [0.3, 0.4) is 0 Å². The number of aliphatic carboxylic acids is 1. The molecule has 6 rings (SSSR count). The molecule has 0 unspecified atom stereocenters. The van der Waals surface area contributed by atoms with E-state index < -0.39 is 91.6 Å². The van der Waals surface area contributed by atoms with Gasteiger partial charge in [-0.15, -0.1) is 0 Å². The molecular weight excluding hydrogens is 592 g/mol. The highest BCUT2D eigenvalue weighted by Crippen LogP contribution is 2.73. The minimum absolute atomic E-state index is 0.0640. The SMILES string of the molecule is C=C1C[C@@]23CC[C@H]4[C@@](C)(CCC[C@@]4(C)C(=O)O)[C@@H]2CC[C@]1(O[C@@H]1O[C@@H](CO)[C@@H](O)[C@H](O)[C@@H]1O[C@@H]1O[C@@H](CO)[C@@H](O)[C@H](O)[C@@H]1O)C3. The van der Waals surface area contributed by atoms with Gasteiger partial charge in [0.05, 0.1) is 24.2 Å². The van der Waals surface area contributed by atoms with Crippen molar-refractivity contribution in [3.8, 4) is 0 Å². The summed E-state index contributed by atoms with van der Waals surface area (Å²) in [6.45, 7) is 7.33. The molecule has 13 nitrogen and oxygen atoms in total. The van der Waals surface area contributed by atoms with Crippen molar-refractivity contribution in [3.63, 3.8) is 0 Å². The molecule has 4 saturated carbocycles. The minimum Gasteiger partial charge on any atom is -0.481 e. The van der Waals surface area contributed by atoms with Gasteiger partial charge in [-0.1, -0.05) is 19.9 Å². The van der Waals surface area contributed by atoms with Gasteiger partial charge in [0, 0.05) is 0 Å². The summed E-state index contributed by atoms with van der Waals surface area (Å²) in [5, 5.41) is 82.8. The molecule has 2 saturated heterocycles. The van der Waals surface area contributed by atoms with E-state index in [1.807, 2.05) is 6.92 Å². The molecular formula is C32H50O13. The monoisotopic (exact) mass is 642 g/mol. The molecule has 45 heavy (non-hydrogen) atoms. The second-order valence-corrected chi connectivity index (χ2v) is 15.2. The molecule has 0 aromatic rings. The first-order valence-electron chi connectivity index (χ1n) is 16.3. The molecule has 256 valence electrons. The zero-order valence-electron chi connectivity index (χ0n) is 26.0. The van der Waals surface area contributed by atoms with E-state index in [2.05, 4.69) is 13.5 Å². The summed E-state index contributed by atoms with van der Waals surface area (Å²) in [4.78, 5) is 12.5. The van der Waals surface area contributed by atoms with Gasteiger partial charge in [0.15, 0.2) is 12.6 Å². The van der Waals surface area contributed by atoms with Crippen molar-refractivity contribution in [1.82, 2.24) is 0 Å². The Hall–Kier alpha value is -1.23. The third-order valence-electron chi connectivity index (χ3n) is 12.9. The molecule has 16 atom stereocenters. The standard InChI is InChI=1S/C32H50O13/c1-15-11-31-9-5-18-29(2,7-4-8-30(18,3)28(40)41)19(31)6-10-32(15,14-31)45-27-25(23(38)21(36)17(13-34)43-27)44-26-24(39)22(37)20(35)16(12-33)42-26/h16-27,33-39H,1,4-14H2,2-3H3,(H,40,41)/t16-,17-,18-,19-,20+,21+,22-,23-,24-,25-,26-,27-,29+,30+,31+,32-/m0/s1. The number of aliphatic hydroxyl groups excluding tert-OH is 7. The maximum atomic E-state index is 12.5. The van der Waals surface area contributed by atoms with E-state index in [4.69, 9.17) is 18.9 Å². The van der Waals surface area contributed by atoms with Crippen molar-refractivity contribution in [2.45, 2.75) is 139 Å². The average molecular weight is 643 g/mol. The third-order valence-corrected chi connectivity index (χ3v) is 12.9. The van der Waals surface area contributed by atoms with Crippen LogP contribution in [0.2, 0.25) is 0 Å². The van der Waals surface area contributed by atoms with Gasteiger partial charge in [-0.05, 0) is 86.5 Å². The summed E-state index contributed by atoms with van der Waals surface area (Å²) in [7, 11) is 0. The Kier molecular flexibility index (Phi) is 8.77. The Morgan fingerprint density at radius 1 is 0.844 bits per heavy atom. The van der Waals surface area contributed by atoms with Crippen LogP contribution in [0, 0.1) is 28.1 Å². The molecule has 13 heteroatoms. The summed E-state index contributed by atoms with van der Waals surface area (Å²) >= 11 is 0. The van der Waals surface area contributed by atoms with Gasteiger partial charge in [-0.3, -0.25) is 4.79 Å². The first kappa shape index (κ1) is 33.7. The number of carbonyl (C=O) groups is 1. The Balaban J connectivity index is 1.26. The molecule has 6 fully saturated rings. The second kappa shape index (κ2) is 11.7. The number of hydrogen-bond donors (Lipinski definition) is 8. The predicted molar refractivity (Wildman–Crippen MR) is 154 cm³/mol. The third kappa shape index (κ3) is 5.04. The fourth-order valence-corrected chi connectivity index (χ4v) is 10.6. The van der Waals surface area contributed by atoms with E-state index in [0.29, 0.717) is 25.7 Å². The number of fused-ring (bicyclic) bond motifs is 3. The quantitative estimate of drug-likeness (QED) is 0.134. The Morgan fingerprint density at radius 3 is 2.11 bits per heavy atom. The minimum atomic E-state index is -1.76. The van der Waals surface area contributed by atoms with Crippen LogP contribution in [0.4, 0.5) is 0 Å². The second-order valence-electron chi connectivity index (χ2n) is 15.2. The zero-order chi connectivity index (χ0) is 32.7. The van der Waals surface area contributed by atoms with Gasteiger partial charge in [0.25, 0.3) is 0 Å². The van der Waals surface area contributed by atoms with Crippen molar-refractivity contribution >= 4 is 5.97 Å². The van der Waals surface area contributed by atoms with Crippen LogP contribution in [0.25, 0.3) is 0 Å². The lowest BCUT2D eigenvalue weighted by atomic mass is 9.41. The molecule has 2 heterocycles. The summed E-state index contributed by atoms with van der Waals surface area (Å²) < 4.78 is 24.1. The number of carboxylic acids is 1. The van der Waals surface area contributed by atoms with Crippen LogP contribution in [0.15, 0.2) is 12.2 Å². The molecule has 0 aromatic carbocycles. The van der Waals surface area contributed by atoms with Crippen molar-refractivity contribution < 1.29 is 64.6 Å². The summed E-state index contributed by atoms with van der Waals surface area (Å²) in [6.07, 6.45) is -8.44. The Labute approximate surface area is 262 Å². The van der Waals surface area contributed by atoms with Crippen LogP contribution in [-0.4, -0.2) is 127 Å². The molecule has 1 spiro atoms. The predicted octanol–water partition coefficient (Wildman–Crippen LogP) is -0.197. The van der Waals surface area contributed by atoms with Gasteiger partial charge in [0.2, 0.25) is 0 Å². The number of aliphatic hydroxyl groups is 7. The van der Waals surface area contributed by atoms with E-state index in [1.165, 1.54) is 0 Å². The number of ether oxygens (including phenoxy) is 4. The van der Waals surface area contributed by atoms with Gasteiger partial charge >= 0.3 is 5.97 Å². The van der Waals surface area contributed by atoms with E-state index >= 15 is 0 Å². The zero-order valence-corrected chi connectivity index (χ0v) is 26.0. The highest BCUT2D eigenvalue weighted by atomic mass is 16.8. The highest BCUT2D eigenvalue weighted by molar-refractivity contribution is 5.75. The lowest BCUT2D eigenvalue weighted by molar-refractivity contribution is -0.378. The van der Waals surface area contributed by atoms with E-state index in [0.717, 1.165) is 37.7 Å². The fourth-order valence-electron chi connectivity index (χ4n) is 10.6. The lowest BCUT2D eigenvalue weighted by Crippen LogP contribution is -2.65. The molecule has 0 amide bonds. The van der Waals surface area contributed by atoms with Crippen LogP contribution in [0.1, 0.15) is 71.6 Å². The summed E-state index contributed by atoms with van der Waals surface area (Å²) in [5.74, 6) is -0.392. The van der Waals surface area contributed by atoms with E-state index in [1.54, 1.807) is 0 Å². The number of carboxylic acid groups (broad SMARTS) is 1. The van der Waals surface area contributed by atoms with E-state index in [9.17, 15) is 45.6 Å². The first-order chi connectivity index (χ1) is 21.2. The maximum absolute atomic E-state index is 12.5. The molecule has 0 radical (unpaired) electrons. The van der Waals surface area contributed by atoms with Gasteiger partial charge in [-0.25, -0.2) is 0 Å². The molecule has 8 N–H and O–H groups in total. The Morgan fingerprint density at radius 2 is 1.47 bits per heavy atom. The average Bonchev–Trinajstić information content (AvgIpc) is 3.19. The van der Waals surface area contributed by atoms with Crippen LogP contribution in [-0.2, 0) is 23.7 Å². The molecule has 4 aliphatic carbocycles. The van der Waals surface area contributed by atoms with Crippen molar-refractivity contribution in [2.75, 3.05) is 13.2 Å². The van der Waals surface area contributed by atoms with E-state index in [-0.39, 0.29) is 22.7 Å². The van der Waals surface area contributed by atoms with Crippen LogP contribution in [0.5, 0.6) is 0 Å². The molecule has 0 aromatic heterocycles. The van der Waals surface area contributed by atoms with Gasteiger partial charge in [0.1, 0.15) is 48.8 Å². The molecule has 2 bridgehead atoms. The highest BCUT2D eigenvalue weighted by Gasteiger charge is 2.69. The first-order valence-corrected chi connectivity index (χ1v) is 16.3. The molecule has 6 aliphatic rings. The largest absolute Gasteiger partial charge is 0.481 e.